The second kappa shape index (κ2) is 8.13. The minimum Gasteiger partial charge on any atom is -0.491 e. The van der Waals surface area contributed by atoms with E-state index in [-0.39, 0.29) is 11.7 Å². The van der Waals surface area contributed by atoms with Crippen LogP contribution in [0.25, 0.3) is 6.08 Å². The molecule has 2 aliphatic carbocycles. The van der Waals surface area contributed by atoms with Gasteiger partial charge < -0.3 is 9.30 Å². The molecule has 1 aromatic carbocycles. The Morgan fingerprint density at radius 3 is 2.68 bits per heavy atom. The number of aromatic nitrogens is 2. The maximum Gasteiger partial charge on any atom is 0.237 e. The fraction of sp³-hybridized carbons (Fsp3) is 0.435. The Hall–Kier alpha value is -2.69. The highest BCUT2D eigenvalue weighted by Crippen LogP contribution is 2.38. The normalized spacial score (nSPS) is 17.4. The van der Waals surface area contributed by atoms with E-state index in [1.165, 1.54) is 6.42 Å². The molecule has 1 fully saturated rings. The second-order valence-corrected chi connectivity index (χ2v) is 7.61. The topological polar surface area (TPSA) is 61.2 Å². The second-order valence-electron chi connectivity index (χ2n) is 7.61. The van der Waals surface area contributed by atoms with E-state index < -0.39 is 5.78 Å². The first kappa shape index (κ1) is 18.7. The van der Waals surface area contributed by atoms with Gasteiger partial charge in [-0.1, -0.05) is 38.3 Å². The van der Waals surface area contributed by atoms with Crippen molar-refractivity contribution >= 4 is 17.6 Å². The Balaban J connectivity index is 1.65. The smallest absolute Gasteiger partial charge is 0.237 e. The van der Waals surface area contributed by atoms with Crippen LogP contribution in [0.5, 0.6) is 5.75 Å². The third-order valence-electron chi connectivity index (χ3n) is 5.86. The number of Topliss-reactive ketones (excluding diaryl/α,β-unsaturated/α-hetero) is 2. The van der Waals surface area contributed by atoms with Gasteiger partial charge >= 0.3 is 0 Å². The molecule has 2 aromatic rings. The summed E-state index contributed by atoms with van der Waals surface area (Å²) < 4.78 is 7.97. The lowest BCUT2D eigenvalue weighted by Crippen LogP contribution is -2.27. The van der Waals surface area contributed by atoms with E-state index in [0.717, 1.165) is 43.2 Å². The Labute approximate surface area is 165 Å². The van der Waals surface area contributed by atoms with Crippen LogP contribution in [0.3, 0.4) is 0 Å². The van der Waals surface area contributed by atoms with E-state index in [2.05, 4.69) is 4.98 Å². The summed E-state index contributed by atoms with van der Waals surface area (Å²) in [5, 5.41) is 0. The Morgan fingerprint density at radius 1 is 1.14 bits per heavy atom. The fourth-order valence-corrected chi connectivity index (χ4v) is 4.31. The summed E-state index contributed by atoms with van der Waals surface area (Å²) in [7, 11) is 0. The van der Waals surface area contributed by atoms with Crippen LogP contribution in [-0.2, 0) is 17.8 Å². The van der Waals surface area contributed by atoms with Crippen molar-refractivity contribution in [2.75, 3.05) is 6.61 Å². The molecule has 0 bridgehead atoms. The van der Waals surface area contributed by atoms with Gasteiger partial charge in [0.25, 0.3) is 0 Å². The molecule has 4 rings (SSSR count). The standard InChI is InChI=1S/C23H26N2O3/c1-2-16-8-9-18-14-19(17-6-4-3-5-7-17)21(26)22(27)20(18)23(16)28-13-12-25-11-10-24-15-25/h8-11,14-15,17H,2-7,12-13H2,1H3. The minimum atomic E-state index is -0.411. The number of ketones is 2. The van der Waals surface area contributed by atoms with Crippen molar-refractivity contribution < 1.29 is 14.3 Å². The average Bonchev–Trinajstić information content (AvgIpc) is 3.24. The lowest BCUT2D eigenvalue weighted by atomic mass is 9.77. The molecule has 0 saturated heterocycles. The first-order chi connectivity index (χ1) is 13.7. The van der Waals surface area contributed by atoms with Crippen LogP contribution in [0, 0.1) is 5.92 Å². The number of benzene rings is 1. The van der Waals surface area contributed by atoms with E-state index in [4.69, 9.17) is 4.74 Å². The number of hydrogen-bond acceptors (Lipinski definition) is 4. The molecule has 0 aliphatic heterocycles. The van der Waals surface area contributed by atoms with Crippen molar-refractivity contribution in [2.45, 2.75) is 52.0 Å². The molecule has 1 aromatic heterocycles. The van der Waals surface area contributed by atoms with Gasteiger partial charge in [0.1, 0.15) is 12.4 Å². The third-order valence-corrected chi connectivity index (χ3v) is 5.86. The highest BCUT2D eigenvalue weighted by Gasteiger charge is 2.35. The van der Waals surface area contributed by atoms with Gasteiger partial charge in [-0.2, -0.15) is 0 Å². The van der Waals surface area contributed by atoms with Crippen molar-refractivity contribution in [1.82, 2.24) is 9.55 Å². The number of aryl methyl sites for hydroxylation is 1. The number of ether oxygens (including phenoxy) is 1. The molecule has 146 valence electrons. The van der Waals surface area contributed by atoms with E-state index in [1.807, 2.05) is 35.9 Å². The maximum absolute atomic E-state index is 13.1. The van der Waals surface area contributed by atoms with Crippen molar-refractivity contribution in [1.29, 1.82) is 0 Å². The van der Waals surface area contributed by atoms with E-state index >= 15 is 0 Å². The van der Waals surface area contributed by atoms with E-state index in [9.17, 15) is 9.59 Å². The van der Waals surface area contributed by atoms with Gasteiger partial charge in [0.2, 0.25) is 11.6 Å². The molecule has 0 N–H and O–H groups in total. The van der Waals surface area contributed by atoms with E-state index in [0.29, 0.717) is 30.0 Å². The van der Waals surface area contributed by atoms with Gasteiger partial charge in [-0.3, -0.25) is 9.59 Å². The number of carbonyl (C=O) groups excluding carboxylic acids is 2. The highest BCUT2D eigenvalue weighted by atomic mass is 16.5. The van der Waals surface area contributed by atoms with Crippen LogP contribution in [0.1, 0.15) is 60.5 Å². The summed E-state index contributed by atoms with van der Waals surface area (Å²) in [5.41, 5.74) is 2.92. The zero-order chi connectivity index (χ0) is 19.5. The molecule has 1 saturated carbocycles. The summed E-state index contributed by atoms with van der Waals surface area (Å²) >= 11 is 0. The van der Waals surface area contributed by atoms with Gasteiger partial charge in [-0.25, -0.2) is 4.98 Å². The maximum atomic E-state index is 13.1. The molecule has 2 aliphatic rings. The van der Waals surface area contributed by atoms with Crippen LogP contribution in [0.4, 0.5) is 0 Å². The largest absolute Gasteiger partial charge is 0.491 e. The van der Waals surface area contributed by atoms with Crippen molar-refractivity contribution in [3.05, 3.63) is 53.1 Å². The quantitative estimate of drug-likeness (QED) is 0.705. The average molecular weight is 378 g/mol. The van der Waals surface area contributed by atoms with Crippen molar-refractivity contribution in [3.8, 4) is 5.75 Å². The fourth-order valence-electron chi connectivity index (χ4n) is 4.31. The molecular formula is C23H26N2O3. The summed E-state index contributed by atoms with van der Waals surface area (Å²) in [6.07, 6.45) is 13.5. The molecule has 0 atom stereocenters. The first-order valence-electron chi connectivity index (χ1n) is 10.2. The van der Waals surface area contributed by atoms with Gasteiger partial charge in [-0.15, -0.1) is 0 Å². The van der Waals surface area contributed by atoms with Crippen LogP contribution in [0.2, 0.25) is 0 Å². The molecule has 0 radical (unpaired) electrons. The molecule has 0 spiro atoms. The van der Waals surface area contributed by atoms with Gasteiger partial charge in [-0.05, 0) is 42.4 Å². The van der Waals surface area contributed by atoms with Crippen molar-refractivity contribution in [3.63, 3.8) is 0 Å². The molecule has 0 unspecified atom stereocenters. The van der Waals surface area contributed by atoms with Gasteiger partial charge in [0.05, 0.1) is 18.4 Å². The summed E-state index contributed by atoms with van der Waals surface area (Å²) in [6, 6.07) is 3.98. The zero-order valence-corrected chi connectivity index (χ0v) is 16.3. The lowest BCUT2D eigenvalue weighted by molar-refractivity contribution is -0.112. The van der Waals surface area contributed by atoms with Gasteiger partial charge in [0, 0.05) is 18.0 Å². The molecular weight excluding hydrogens is 352 g/mol. The van der Waals surface area contributed by atoms with Crippen molar-refractivity contribution in [2.24, 2.45) is 5.92 Å². The number of fused-ring (bicyclic) bond motifs is 1. The van der Waals surface area contributed by atoms with Gasteiger partial charge in [0.15, 0.2) is 0 Å². The molecule has 0 amide bonds. The molecule has 5 heteroatoms. The first-order valence-corrected chi connectivity index (χ1v) is 10.2. The number of hydrogen-bond donors (Lipinski definition) is 0. The third kappa shape index (κ3) is 3.53. The summed E-state index contributed by atoms with van der Waals surface area (Å²) in [5.74, 6) is 0.0327. The van der Waals surface area contributed by atoms with Crippen LogP contribution in [0.15, 0.2) is 36.4 Å². The van der Waals surface area contributed by atoms with Crippen LogP contribution in [-0.4, -0.2) is 27.7 Å². The monoisotopic (exact) mass is 378 g/mol. The number of imidazole rings is 1. The predicted molar refractivity (Wildman–Crippen MR) is 107 cm³/mol. The molecule has 1 heterocycles. The lowest BCUT2D eigenvalue weighted by Gasteiger charge is -2.27. The minimum absolute atomic E-state index is 0.217. The van der Waals surface area contributed by atoms with Crippen LogP contribution >= 0.6 is 0 Å². The van der Waals surface area contributed by atoms with E-state index in [1.54, 1.807) is 12.5 Å². The Bertz CT molecular complexity index is 906. The number of carbonyl (C=O) groups is 2. The predicted octanol–water partition coefficient (Wildman–Crippen LogP) is 4.25. The summed E-state index contributed by atoms with van der Waals surface area (Å²) in [6.45, 7) is 3.08. The molecule has 28 heavy (non-hydrogen) atoms. The SMILES string of the molecule is CCc1ccc2c(c1OCCn1ccnc1)C(=O)C(=O)C(C1CCCCC1)=C2. The summed E-state index contributed by atoms with van der Waals surface area (Å²) in [4.78, 5) is 30.0. The number of allylic oxidation sites excluding steroid dienone is 1. The number of rotatable bonds is 6. The Morgan fingerprint density at radius 2 is 1.96 bits per heavy atom. The molecule has 5 nitrogen and oxygen atoms in total. The zero-order valence-electron chi connectivity index (χ0n) is 16.3. The highest BCUT2D eigenvalue weighted by molar-refractivity contribution is 6.52. The van der Waals surface area contributed by atoms with Crippen LogP contribution < -0.4 is 4.74 Å². The Kier molecular flexibility index (Phi) is 5.42. The number of nitrogens with zero attached hydrogens (tertiary/aromatic N) is 2.